The lowest BCUT2D eigenvalue weighted by Crippen LogP contribution is -2.37. The van der Waals surface area contributed by atoms with Crippen molar-refractivity contribution < 1.29 is 14.3 Å². The molecule has 0 atom stereocenters. The van der Waals surface area contributed by atoms with Gasteiger partial charge in [0.2, 0.25) is 11.8 Å². The van der Waals surface area contributed by atoms with E-state index in [4.69, 9.17) is 4.74 Å². The van der Waals surface area contributed by atoms with Crippen LogP contribution in [0.5, 0.6) is 0 Å². The van der Waals surface area contributed by atoms with E-state index in [9.17, 15) is 9.59 Å². The Balaban J connectivity index is 4.23. The summed E-state index contributed by atoms with van der Waals surface area (Å²) in [5, 5.41) is 0. The zero-order valence-electron chi connectivity index (χ0n) is 23.4. The molecular weight excluding hydrogens is 424 g/mol. The molecule has 0 aliphatic heterocycles. The van der Waals surface area contributed by atoms with Crippen molar-refractivity contribution in [3.63, 3.8) is 0 Å². The average molecular weight is 483 g/mol. The fourth-order valence-corrected chi connectivity index (χ4v) is 4.21. The molecule has 34 heavy (non-hydrogen) atoms. The number of carbonyl (C=O) groups excluding carboxylic acids is 2. The van der Waals surface area contributed by atoms with Crippen molar-refractivity contribution in [1.29, 1.82) is 0 Å². The summed E-state index contributed by atoms with van der Waals surface area (Å²) in [5.41, 5.74) is 0. The van der Waals surface area contributed by atoms with Gasteiger partial charge in [0.25, 0.3) is 0 Å². The van der Waals surface area contributed by atoms with Gasteiger partial charge in [-0.15, -0.1) is 0 Å². The van der Waals surface area contributed by atoms with Gasteiger partial charge in [0, 0.05) is 26.7 Å². The molecule has 0 radical (unpaired) electrons. The Morgan fingerprint density at radius 1 is 0.500 bits per heavy atom. The van der Waals surface area contributed by atoms with Crippen molar-refractivity contribution in [3.05, 3.63) is 0 Å². The van der Waals surface area contributed by atoms with E-state index in [1.165, 1.54) is 96.3 Å². The summed E-state index contributed by atoms with van der Waals surface area (Å²) in [5.74, 6) is 0.00764. The summed E-state index contributed by atoms with van der Waals surface area (Å²) in [6, 6.07) is 0. The number of amides is 2. The summed E-state index contributed by atoms with van der Waals surface area (Å²) < 4.78 is 5.56. The molecule has 0 unspecified atom stereocenters. The van der Waals surface area contributed by atoms with Crippen LogP contribution in [0.1, 0.15) is 136 Å². The van der Waals surface area contributed by atoms with E-state index >= 15 is 0 Å². The van der Waals surface area contributed by atoms with Crippen LogP contribution in [0.4, 0.5) is 0 Å². The summed E-state index contributed by atoms with van der Waals surface area (Å²) >= 11 is 0. The largest absolute Gasteiger partial charge is 0.362 e. The molecule has 0 rings (SSSR count). The van der Waals surface area contributed by atoms with Crippen LogP contribution in [-0.2, 0) is 14.3 Å². The first kappa shape index (κ1) is 32.9. The fraction of sp³-hybridized carbons (Fsp3) is 0.931. The lowest BCUT2D eigenvalue weighted by atomic mass is 10.1. The van der Waals surface area contributed by atoms with E-state index in [1.807, 2.05) is 11.9 Å². The van der Waals surface area contributed by atoms with E-state index in [1.54, 1.807) is 4.90 Å². The van der Waals surface area contributed by atoms with Crippen LogP contribution in [0.15, 0.2) is 0 Å². The molecule has 0 aliphatic rings. The number of likely N-dealkylation sites (N-methyl/N-ethyl adjacent to an activating group) is 1. The summed E-state index contributed by atoms with van der Waals surface area (Å²) in [6.45, 7) is 9.10. The van der Waals surface area contributed by atoms with Crippen LogP contribution in [-0.4, -0.2) is 61.5 Å². The quantitative estimate of drug-likeness (QED) is 0.128. The molecule has 0 saturated heterocycles. The van der Waals surface area contributed by atoms with Crippen molar-refractivity contribution in [1.82, 2.24) is 9.80 Å². The minimum Gasteiger partial charge on any atom is -0.362 e. The number of unbranched alkanes of at least 4 members (excludes halogenated alkanes) is 15. The van der Waals surface area contributed by atoms with Crippen LogP contribution in [0.25, 0.3) is 0 Å². The molecule has 0 fully saturated rings. The number of nitrogens with zero attached hydrogens (tertiary/aromatic N) is 2. The maximum Gasteiger partial charge on any atom is 0.248 e. The van der Waals surface area contributed by atoms with Crippen molar-refractivity contribution >= 4 is 11.8 Å². The molecule has 0 saturated carbocycles. The first-order chi connectivity index (χ1) is 16.6. The van der Waals surface area contributed by atoms with E-state index < -0.39 is 0 Å². The molecule has 0 N–H and O–H groups in total. The van der Waals surface area contributed by atoms with Crippen LogP contribution in [0.2, 0.25) is 0 Å². The number of hydrogen-bond acceptors (Lipinski definition) is 3. The molecule has 0 aliphatic carbocycles. The zero-order valence-corrected chi connectivity index (χ0v) is 23.4. The minimum atomic E-state index is -0.0280. The molecular formula is C29H58N2O3. The number of carbonyl (C=O) groups is 2. The highest BCUT2D eigenvalue weighted by atomic mass is 16.5. The van der Waals surface area contributed by atoms with Gasteiger partial charge in [-0.25, -0.2) is 0 Å². The minimum absolute atomic E-state index is 0.0000494. The van der Waals surface area contributed by atoms with Gasteiger partial charge in [-0.05, 0) is 19.3 Å². The Morgan fingerprint density at radius 2 is 0.853 bits per heavy atom. The van der Waals surface area contributed by atoms with Crippen molar-refractivity contribution in [2.45, 2.75) is 136 Å². The Bertz CT molecular complexity index is 454. The molecule has 5 heteroatoms. The Morgan fingerprint density at radius 3 is 1.29 bits per heavy atom. The lowest BCUT2D eigenvalue weighted by molar-refractivity contribution is -0.141. The molecule has 0 aromatic rings. The number of ether oxygens (including phenoxy) is 1. The topological polar surface area (TPSA) is 49.9 Å². The first-order valence-corrected chi connectivity index (χ1v) is 14.7. The number of rotatable bonds is 25. The molecule has 202 valence electrons. The standard InChI is InChI=1S/C29H58N2O3/c1-5-8-11-14-17-20-23-30(4)28(32)26-34-27-29(33)31(24-21-18-15-12-9-6-2)25-22-19-16-13-10-7-3/h5-27H2,1-4H3. The van der Waals surface area contributed by atoms with E-state index in [2.05, 4.69) is 20.8 Å². The second-order valence-electron chi connectivity index (χ2n) is 9.99. The summed E-state index contributed by atoms with van der Waals surface area (Å²) in [4.78, 5) is 28.9. The van der Waals surface area contributed by atoms with Gasteiger partial charge < -0.3 is 14.5 Å². The van der Waals surface area contributed by atoms with Crippen LogP contribution in [0, 0.1) is 0 Å². The predicted octanol–water partition coefficient (Wildman–Crippen LogP) is 7.37. The van der Waals surface area contributed by atoms with Gasteiger partial charge in [0.1, 0.15) is 13.2 Å². The van der Waals surface area contributed by atoms with Crippen LogP contribution in [0.3, 0.4) is 0 Å². The zero-order chi connectivity index (χ0) is 25.3. The molecule has 0 spiro atoms. The van der Waals surface area contributed by atoms with Crippen molar-refractivity contribution in [3.8, 4) is 0 Å². The van der Waals surface area contributed by atoms with Gasteiger partial charge in [0.15, 0.2) is 0 Å². The molecule has 0 aromatic carbocycles. The predicted molar refractivity (Wildman–Crippen MR) is 145 cm³/mol. The molecule has 0 heterocycles. The third-order valence-electron chi connectivity index (χ3n) is 6.64. The van der Waals surface area contributed by atoms with Gasteiger partial charge in [-0.3, -0.25) is 9.59 Å². The van der Waals surface area contributed by atoms with Gasteiger partial charge in [0.05, 0.1) is 0 Å². The monoisotopic (exact) mass is 482 g/mol. The van der Waals surface area contributed by atoms with Gasteiger partial charge in [-0.1, -0.05) is 117 Å². The SMILES string of the molecule is CCCCCCCCN(C)C(=O)COCC(=O)N(CCCCCCCC)CCCCCCCC. The molecule has 0 aromatic heterocycles. The first-order valence-electron chi connectivity index (χ1n) is 14.7. The molecule has 2 amide bonds. The number of hydrogen-bond donors (Lipinski definition) is 0. The Hall–Kier alpha value is -1.10. The highest BCUT2D eigenvalue weighted by molar-refractivity contribution is 5.79. The highest BCUT2D eigenvalue weighted by Gasteiger charge is 2.15. The molecule has 0 bridgehead atoms. The summed E-state index contributed by atoms with van der Waals surface area (Å²) in [6.07, 6.45) is 22.0. The third-order valence-corrected chi connectivity index (χ3v) is 6.64. The van der Waals surface area contributed by atoms with Crippen LogP contribution >= 0.6 is 0 Å². The molecule has 5 nitrogen and oxygen atoms in total. The van der Waals surface area contributed by atoms with Crippen LogP contribution < -0.4 is 0 Å². The van der Waals surface area contributed by atoms with Gasteiger partial charge >= 0.3 is 0 Å². The fourth-order valence-electron chi connectivity index (χ4n) is 4.21. The van der Waals surface area contributed by atoms with Crippen molar-refractivity contribution in [2.24, 2.45) is 0 Å². The summed E-state index contributed by atoms with van der Waals surface area (Å²) in [7, 11) is 1.84. The maximum absolute atomic E-state index is 12.8. The van der Waals surface area contributed by atoms with Gasteiger partial charge in [-0.2, -0.15) is 0 Å². The average Bonchev–Trinajstić information content (AvgIpc) is 2.83. The third kappa shape index (κ3) is 20.3. The van der Waals surface area contributed by atoms with E-state index in [0.717, 1.165) is 38.9 Å². The maximum atomic E-state index is 12.8. The Labute approximate surface area is 212 Å². The second kappa shape index (κ2) is 25.0. The second-order valence-corrected chi connectivity index (χ2v) is 9.99. The van der Waals surface area contributed by atoms with E-state index in [-0.39, 0.29) is 25.0 Å². The smallest absolute Gasteiger partial charge is 0.248 e. The van der Waals surface area contributed by atoms with Crippen molar-refractivity contribution in [2.75, 3.05) is 39.9 Å². The normalized spacial score (nSPS) is 11.1. The van der Waals surface area contributed by atoms with E-state index in [0.29, 0.717) is 0 Å². The highest BCUT2D eigenvalue weighted by Crippen LogP contribution is 2.10. The Kier molecular flexibility index (Phi) is 24.2. The lowest BCUT2D eigenvalue weighted by Gasteiger charge is -2.23.